The van der Waals surface area contributed by atoms with Crippen LogP contribution in [0.1, 0.15) is 62.8 Å². The van der Waals surface area contributed by atoms with Gasteiger partial charge in [0.1, 0.15) is 11.6 Å². The first kappa shape index (κ1) is 17.0. The zero-order valence-corrected chi connectivity index (χ0v) is 14.4. The molecular weight excluding hydrogens is 324 g/mol. The molecule has 0 aromatic heterocycles. The fraction of sp³-hybridized carbons (Fsp3) is 0.650. The maximum Gasteiger partial charge on any atom is 0.223 e. The highest BCUT2D eigenvalue weighted by molar-refractivity contribution is 5.83. The summed E-state index contributed by atoms with van der Waals surface area (Å²) in [4.78, 5) is 12.6. The van der Waals surface area contributed by atoms with Crippen molar-refractivity contribution in [2.75, 3.05) is 6.61 Å². The Hall–Kier alpha value is -1.49. The van der Waals surface area contributed by atoms with Gasteiger partial charge < -0.3 is 10.1 Å². The second kappa shape index (κ2) is 6.67. The summed E-state index contributed by atoms with van der Waals surface area (Å²) >= 11 is 0. The third-order valence-corrected chi connectivity index (χ3v) is 6.09. The largest absolute Gasteiger partial charge is 0.375 e. The Morgan fingerprint density at radius 3 is 2.76 bits per heavy atom. The van der Waals surface area contributed by atoms with Gasteiger partial charge in [-0.2, -0.15) is 0 Å². The van der Waals surface area contributed by atoms with E-state index in [4.69, 9.17) is 4.74 Å². The number of halogens is 2. The Bertz CT molecular complexity index is 652. The molecule has 1 heterocycles. The molecule has 1 amide bonds. The molecule has 5 heteroatoms. The lowest BCUT2D eigenvalue weighted by Crippen LogP contribution is -2.49. The lowest BCUT2D eigenvalue weighted by atomic mass is 9.78. The molecule has 0 radical (unpaired) electrons. The second-order valence-corrected chi connectivity index (χ2v) is 7.90. The van der Waals surface area contributed by atoms with Crippen molar-refractivity contribution in [3.05, 3.63) is 35.4 Å². The van der Waals surface area contributed by atoms with E-state index in [2.05, 4.69) is 5.32 Å². The molecule has 2 saturated carbocycles. The Morgan fingerprint density at radius 2 is 2.00 bits per heavy atom. The van der Waals surface area contributed by atoms with Crippen molar-refractivity contribution in [3.63, 3.8) is 0 Å². The molecular formula is C20H25F2NO2. The van der Waals surface area contributed by atoms with Gasteiger partial charge in [0.05, 0.1) is 5.60 Å². The van der Waals surface area contributed by atoms with Crippen LogP contribution in [0.25, 0.3) is 0 Å². The maximum atomic E-state index is 13.9. The van der Waals surface area contributed by atoms with Crippen LogP contribution in [0.4, 0.5) is 8.78 Å². The molecule has 3 nitrogen and oxygen atoms in total. The van der Waals surface area contributed by atoms with Gasteiger partial charge in [-0.05, 0) is 49.7 Å². The van der Waals surface area contributed by atoms with E-state index in [0.29, 0.717) is 18.6 Å². The Kier molecular flexibility index (Phi) is 4.52. The van der Waals surface area contributed by atoms with Gasteiger partial charge in [-0.1, -0.05) is 25.3 Å². The highest BCUT2D eigenvalue weighted by atomic mass is 19.1. The first-order valence-corrected chi connectivity index (χ1v) is 9.46. The van der Waals surface area contributed by atoms with Crippen LogP contribution >= 0.6 is 0 Å². The molecule has 25 heavy (non-hydrogen) atoms. The number of rotatable bonds is 3. The summed E-state index contributed by atoms with van der Waals surface area (Å²) in [5, 5.41) is 3.17. The Balaban J connectivity index is 1.35. The minimum Gasteiger partial charge on any atom is -0.375 e. The zero-order valence-electron chi connectivity index (χ0n) is 14.4. The fourth-order valence-electron chi connectivity index (χ4n) is 4.63. The molecule has 4 rings (SSSR count). The molecule has 3 atom stereocenters. The quantitative estimate of drug-likeness (QED) is 0.893. The van der Waals surface area contributed by atoms with E-state index in [9.17, 15) is 13.6 Å². The van der Waals surface area contributed by atoms with Crippen LogP contribution < -0.4 is 5.32 Å². The number of carbonyl (C=O) groups excluding carboxylic acids is 1. The number of carbonyl (C=O) groups is 1. The van der Waals surface area contributed by atoms with E-state index >= 15 is 0 Å². The second-order valence-electron chi connectivity index (χ2n) is 7.90. The maximum absolute atomic E-state index is 13.9. The molecule has 1 N–H and O–H groups in total. The van der Waals surface area contributed by atoms with Crippen LogP contribution in [-0.2, 0) is 9.53 Å². The van der Waals surface area contributed by atoms with Crippen LogP contribution in [0.5, 0.6) is 0 Å². The zero-order chi connectivity index (χ0) is 17.4. The van der Waals surface area contributed by atoms with Gasteiger partial charge in [0.2, 0.25) is 5.91 Å². The first-order chi connectivity index (χ1) is 12.1. The average Bonchev–Trinajstić information content (AvgIpc) is 3.36. The molecule has 3 aliphatic rings. The van der Waals surface area contributed by atoms with Gasteiger partial charge in [-0.25, -0.2) is 8.78 Å². The molecule has 3 fully saturated rings. The van der Waals surface area contributed by atoms with Gasteiger partial charge in [0, 0.05) is 24.6 Å². The highest BCUT2D eigenvalue weighted by Gasteiger charge is 2.46. The lowest BCUT2D eigenvalue weighted by Gasteiger charge is -2.43. The molecule has 3 unspecified atom stereocenters. The summed E-state index contributed by atoms with van der Waals surface area (Å²) in [6, 6.07) is 3.78. The van der Waals surface area contributed by atoms with E-state index in [1.165, 1.54) is 31.4 Å². The monoisotopic (exact) mass is 349 g/mol. The van der Waals surface area contributed by atoms with Crippen molar-refractivity contribution in [2.45, 2.75) is 68.9 Å². The van der Waals surface area contributed by atoms with Crippen molar-refractivity contribution in [2.24, 2.45) is 5.92 Å². The van der Waals surface area contributed by atoms with Crippen LogP contribution in [0.3, 0.4) is 0 Å². The van der Waals surface area contributed by atoms with Crippen LogP contribution in [0.15, 0.2) is 18.2 Å². The van der Waals surface area contributed by atoms with Gasteiger partial charge in [0.15, 0.2) is 0 Å². The van der Waals surface area contributed by atoms with Gasteiger partial charge in [-0.3, -0.25) is 4.79 Å². The molecule has 136 valence electrons. The van der Waals surface area contributed by atoms with E-state index in [0.717, 1.165) is 31.7 Å². The first-order valence-electron chi connectivity index (χ1n) is 9.46. The van der Waals surface area contributed by atoms with E-state index in [1.54, 1.807) is 0 Å². The van der Waals surface area contributed by atoms with Crippen LogP contribution in [0.2, 0.25) is 0 Å². The molecule has 0 bridgehead atoms. The Labute approximate surface area is 147 Å². The summed E-state index contributed by atoms with van der Waals surface area (Å²) in [6.45, 7) is 0.700. The van der Waals surface area contributed by atoms with E-state index < -0.39 is 11.6 Å². The number of hydrogen-bond donors (Lipinski definition) is 1. The minimum atomic E-state index is -0.581. The predicted molar refractivity (Wildman–Crippen MR) is 90.1 cm³/mol. The normalized spacial score (nSPS) is 30.9. The van der Waals surface area contributed by atoms with Crippen molar-refractivity contribution in [1.29, 1.82) is 0 Å². The smallest absolute Gasteiger partial charge is 0.223 e. The SMILES string of the molecule is O=C(NC1CCOC2(CCCCC2)C1)C1CC1c1ccc(F)cc1F. The number of nitrogens with one attached hydrogen (secondary N) is 1. The molecule has 2 aliphatic carbocycles. The number of benzene rings is 1. The van der Waals surface area contributed by atoms with E-state index in [1.807, 2.05) is 0 Å². The van der Waals surface area contributed by atoms with Crippen molar-refractivity contribution in [3.8, 4) is 0 Å². The molecule has 1 spiro atoms. The van der Waals surface area contributed by atoms with Crippen LogP contribution in [-0.4, -0.2) is 24.2 Å². The highest BCUT2D eigenvalue weighted by Crippen LogP contribution is 2.48. The summed E-state index contributed by atoms with van der Waals surface area (Å²) in [7, 11) is 0. The summed E-state index contributed by atoms with van der Waals surface area (Å²) in [6.07, 6.45) is 8.23. The van der Waals surface area contributed by atoms with Crippen molar-refractivity contribution in [1.82, 2.24) is 5.32 Å². The predicted octanol–water partition coefficient (Wildman–Crippen LogP) is 4.07. The summed E-state index contributed by atoms with van der Waals surface area (Å²) < 4.78 is 33.0. The van der Waals surface area contributed by atoms with Crippen molar-refractivity contribution < 1.29 is 18.3 Å². The van der Waals surface area contributed by atoms with E-state index in [-0.39, 0.29) is 29.4 Å². The minimum absolute atomic E-state index is 0.00610. The number of amides is 1. The topological polar surface area (TPSA) is 38.3 Å². The molecule has 1 saturated heterocycles. The van der Waals surface area contributed by atoms with Gasteiger partial charge in [-0.15, -0.1) is 0 Å². The fourth-order valence-corrected chi connectivity index (χ4v) is 4.63. The Morgan fingerprint density at radius 1 is 1.20 bits per heavy atom. The summed E-state index contributed by atoms with van der Waals surface area (Å²) in [5.41, 5.74) is 0.415. The average molecular weight is 349 g/mol. The number of ether oxygens (including phenoxy) is 1. The third kappa shape index (κ3) is 3.57. The number of hydrogen-bond acceptors (Lipinski definition) is 2. The molecule has 1 aromatic rings. The van der Waals surface area contributed by atoms with Gasteiger partial charge in [0.25, 0.3) is 0 Å². The standard InChI is InChI=1S/C20H25F2NO2/c21-13-4-5-15(18(22)10-13)16-11-17(16)19(24)23-14-6-9-25-20(12-14)7-2-1-3-8-20/h4-5,10,14,16-17H,1-3,6-9,11-12H2,(H,23,24). The summed E-state index contributed by atoms with van der Waals surface area (Å²) in [5.74, 6) is -1.43. The van der Waals surface area contributed by atoms with Crippen molar-refractivity contribution >= 4 is 5.91 Å². The lowest BCUT2D eigenvalue weighted by molar-refractivity contribution is -0.129. The van der Waals surface area contributed by atoms with Gasteiger partial charge >= 0.3 is 0 Å². The molecule has 1 aromatic carbocycles. The molecule has 1 aliphatic heterocycles. The van der Waals surface area contributed by atoms with Crippen LogP contribution in [0, 0.1) is 17.6 Å². The third-order valence-electron chi connectivity index (χ3n) is 6.09.